The Balaban J connectivity index is 2.04. The van der Waals surface area contributed by atoms with Crippen LogP contribution in [0.25, 0.3) is 0 Å². The van der Waals surface area contributed by atoms with Crippen molar-refractivity contribution in [3.63, 3.8) is 0 Å². The number of rotatable bonds is 6. The fourth-order valence-corrected chi connectivity index (χ4v) is 2.32. The molecule has 0 aliphatic carbocycles. The predicted octanol–water partition coefficient (Wildman–Crippen LogP) is 2.51. The summed E-state index contributed by atoms with van der Waals surface area (Å²) in [6, 6.07) is 6.54. The van der Waals surface area contributed by atoms with Crippen LogP contribution in [0.3, 0.4) is 0 Å². The van der Waals surface area contributed by atoms with Crippen LogP contribution in [0, 0.1) is 5.82 Å². The molecular formula is C16H22FN3O. The molecule has 1 heterocycles. The van der Waals surface area contributed by atoms with Gasteiger partial charge in [0.2, 0.25) is 0 Å². The van der Waals surface area contributed by atoms with Crippen LogP contribution in [0.1, 0.15) is 37.4 Å². The fraction of sp³-hybridized carbons (Fsp3) is 0.438. The number of nitrogens with zero attached hydrogens (tertiary/aromatic N) is 2. The van der Waals surface area contributed by atoms with Gasteiger partial charge in [-0.05, 0) is 31.0 Å². The second kappa shape index (κ2) is 6.37. The highest BCUT2D eigenvalue weighted by Crippen LogP contribution is 2.22. The van der Waals surface area contributed by atoms with Crippen LogP contribution >= 0.6 is 0 Å². The zero-order chi connectivity index (χ0) is 15.5. The van der Waals surface area contributed by atoms with Gasteiger partial charge >= 0.3 is 0 Å². The number of aliphatic hydroxyl groups is 1. The molecule has 2 N–H and O–H groups in total. The fourth-order valence-electron chi connectivity index (χ4n) is 2.32. The largest absolute Gasteiger partial charge is 0.384 e. The van der Waals surface area contributed by atoms with E-state index in [-0.39, 0.29) is 11.9 Å². The lowest BCUT2D eigenvalue weighted by molar-refractivity contribution is 0.0535. The SMILES string of the molecule is CC[C@@H](NC[C@](C)(O)c1cnn(C)c1)c1ccc(F)cc1. The molecule has 2 atom stereocenters. The summed E-state index contributed by atoms with van der Waals surface area (Å²) in [5.41, 5.74) is 0.786. The van der Waals surface area contributed by atoms with Crippen LogP contribution in [-0.4, -0.2) is 21.4 Å². The quantitative estimate of drug-likeness (QED) is 0.860. The van der Waals surface area contributed by atoms with Crippen molar-refractivity contribution in [2.45, 2.75) is 31.9 Å². The highest BCUT2D eigenvalue weighted by Gasteiger charge is 2.25. The van der Waals surface area contributed by atoms with Crippen LogP contribution < -0.4 is 5.32 Å². The van der Waals surface area contributed by atoms with Gasteiger partial charge in [0.15, 0.2) is 0 Å². The number of aryl methyl sites for hydroxylation is 1. The Bertz CT molecular complexity index is 577. The van der Waals surface area contributed by atoms with Gasteiger partial charge in [-0.15, -0.1) is 0 Å². The average Bonchev–Trinajstić information content (AvgIpc) is 2.89. The van der Waals surface area contributed by atoms with Gasteiger partial charge in [-0.25, -0.2) is 4.39 Å². The molecule has 0 fully saturated rings. The molecule has 1 aromatic heterocycles. The van der Waals surface area contributed by atoms with Gasteiger partial charge in [0.05, 0.1) is 6.20 Å². The molecule has 0 saturated carbocycles. The van der Waals surface area contributed by atoms with E-state index in [2.05, 4.69) is 17.3 Å². The van der Waals surface area contributed by atoms with Crippen molar-refractivity contribution in [3.8, 4) is 0 Å². The standard InChI is InChI=1S/C16H22FN3O/c1-4-15(12-5-7-14(17)8-6-12)18-11-16(2,21)13-9-19-20(3)10-13/h5-10,15,18,21H,4,11H2,1-3H3/t15-,16+/m1/s1. The van der Waals surface area contributed by atoms with Gasteiger partial charge in [0.1, 0.15) is 11.4 Å². The predicted molar refractivity (Wildman–Crippen MR) is 80.2 cm³/mol. The number of benzene rings is 1. The van der Waals surface area contributed by atoms with Gasteiger partial charge in [0, 0.05) is 31.4 Å². The highest BCUT2D eigenvalue weighted by molar-refractivity contribution is 5.20. The van der Waals surface area contributed by atoms with Crippen LogP contribution in [-0.2, 0) is 12.6 Å². The molecule has 0 aliphatic rings. The van der Waals surface area contributed by atoms with Crippen LogP contribution in [0.15, 0.2) is 36.7 Å². The highest BCUT2D eigenvalue weighted by atomic mass is 19.1. The van der Waals surface area contributed by atoms with Gasteiger partial charge in [-0.3, -0.25) is 4.68 Å². The first kappa shape index (κ1) is 15.7. The molecule has 0 bridgehead atoms. The summed E-state index contributed by atoms with van der Waals surface area (Å²) in [6.45, 7) is 4.21. The molecule has 2 rings (SSSR count). The van der Waals surface area contributed by atoms with Crippen molar-refractivity contribution < 1.29 is 9.50 Å². The Morgan fingerprint density at radius 2 is 2.05 bits per heavy atom. The van der Waals surface area contributed by atoms with E-state index in [0.717, 1.165) is 17.5 Å². The third kappa shape index (κ3) is 3.89. The zero-order valence-electron chi connectivity index (χ0n) is 12.7. The maximum absolute atomic E-state index is 13.0. The van der Waals surface area contributed by atoms with Gasteiger partial charge in [0.25, 0.3) is 0 Å². The number of hydrogen-bond donors (Lipinski definition) is 2. The first-order valence-electron chi connectivity index (χ1n) is 7.12. The summed E-state index contributed by atoms with van der Waals surface area (Å²) in [4.78, 5) is 0. The minimum atomic E-state index is -0.998. The van der Waals surface area contributed by atoms with Gasteiger partial charge < -0.3 is 10.4 Å². The molecular weight excluding hydrogens is 269 g/mol. The summed E-state index contributed by atoms with van der Waals surface area (Å²) in [7, 11) is 1.82. The molecule has 1 aromatic carbocycles. The molecule has 0 saturated heterocycles. The molecule has 21 heavy (non-hydrogen) atoms. The lowest BCUT2D eigenvalue weighted by Crippen LogP contribution is -2.37. The number of aromatic nitrogens is 2. The van der Waals surface area contributed by atoms with Crippen LogP contribution in [0.4, 0.5) is 4.39 Å². The van der Waals surface area contributed by atoms with E-state index in [9.17, 15) is 9.50 Å². The first-order valence-corrected chi connectivity index (χ1v) is 7.12. The van der Waals surface area contributed by atoms with Gasteiger partial charge in [-0.2, -0.15) is 5.10 Å². The molecule has 4 nitrogen and oxygen atoms in total. The Hall–Kier alpha value is -1.72. The van der Waals surface area contributed by atoms with E-state index in [1.54, 1.807) is 36.1 Å². The number of nitrogens with one attached hydrogen (secondary N) is 1. The van der Waals surface area contributed by atoms with Gasteiger partial charge in [-0.1, -0.05) is 19.1 Å². The second-order valence-electron chi connectivity index (χ2n) is 5.57. The molecule has 0 amide bonds. The molecule has 0 spiro atoms. The lowest BCUT2D eigenvalue weighted by atomic mass is 9.97. The normalized spacial score (nSPS) is 15.7. The summed E-state index contributed by atoms with van der Waals surface area (Å²) in [6.07, 6.45) is 4.33. The van der Waals surface area contributed by atoms with Crippen molar-refractivity contribution in [1.29, 1.82) is 0 Å². The molecule has 0 unspecified atom stereocenters. The van der Waals surface area contributed by atoms with Crippen molar-refractivity contribution in [2.24, 2.45) is 7.05 Å². The first-order chi connectivity index (χ1) is 9.92. The van der Waals surface area contributed by atoms with E-state index in [1.165, 1.54) is 12.1 Å². The van der Waals surface area contributed by atoms with Crippen LogP contribution in [0.5, 0.6) is 0 Å². The maximum atomic E-state index is 13.0. The minimum Gasteiger partial charge on any atom is -0.384 e. The van der Waals surface area contributed by atoms with Crippen molar-refractivity contribution >= 4 is 0 Å². The van der Waals surface area contributed by atoms with Crippen molar-refractivity contribution in [1.82, 2.24) is 15.1 Å². The van der Waals surface area contributed by atoms with E-state index in [1.807, 2.05) is 7.05 Å². The Labute approximate surface area is 124 Å². The van der Waals surface area contributed by atoms with E-state index >= 15 is 0 Å². The van der Waals surface area contributed by atoms with E-state index < -0.39 is 5.60 Å². The number of hydrogen-bond acceptors (Lipinski definition) is 3. The number of halogens is 1. The molecule has 114 valence electrons. The Morgan fingerprint density at radius 3 is 2.57 bits per heavy atom. The summed E-state index contributed by atoms with van der Waals surface area (Å²) < 4.78 is 14.7. The Kier molecular flexibility index (Phi) is 4.75. The molecule has 0 radical (unpaired) electrons. The molecule has 2 aromatic rings. The topological polar surface area (TPSA) is 50.1 Å². The maximum Gasteiger partial charge on any atom is 0.123 e. The summed E-state index contributed by atoms with van der Waals surface area (Å²) in [5.74, 6) is -0.240. The molecule has 5 heteroatoms. The second-order valence-corrected chi connectivity index (χ2v) is 5.57. The zero-order valence-corrected chi connectivity index (χ0v) is 12.7. The third-order valence-electron chi connectivity index (χ3n) is 3.70. The van der Waals surface area contributed by atoms with Crippen molar-refractivity contribution in [2.75, 3.05) is 6.54 Å². The Morgan fingerprint density at radius 1 is 1.38 bits per heavy atom. The van der Waals surface area contributed by atoms with Crippen molar-refractivity contribution in [3.05, 3.63) is 53.6 Å². The minimum absolute atomic E-state index is 0.0775. The smallest absolute Gasteiger partial charge is 0.123 e. The average molecular weight is 291 g/mol. The van der Waals surface area contributed by atoms with E-state index in [0.29, 0.717) is 6.54 Å². The lowest BCUT2D eigenvalue weighted by Gasteiger charge is -2.26. The van der Waals surface area contributed by atoms with E-state index in [4.69, 9.17) is 0 Å². The summed E-state index contributed by atoms with van der Waals surface area (Å²) in [5, 5.41) is 18.0. The third-order valence-corrected chi connectivity index (χ3v) is 3.70. The summed E-state index contributed by atoms with van der Waals surface area (Å²) >= 11 is 0. The molecule has 0 aliphatic heterocycles. The van der Waals surface area contributed by atoms with Crippen LogP contribution in [0.2, 0.25) is 0 Å². The monoisotopic (exact) mass is 291 g/mol.